The number of halogens is 1. The van der Waals surface area contributed by atoms with E-state index in [-0.39, 0.29) is 5.54 Å². The third-order valence-electron chi connectivity index (χ3n) is 6.96. The molecule has 1 saturated carbocycles. The zero-order chi connectivity index (χ0) is 21.8. The van der Waals surface area contributed by atoms with Gasteiger partial charge < -0.3 is 15.0 Å². The molecule has 1 aromatic heterocycles. The lowest BCUT2D eigenvalue weighted by molar-refractivity contribution is 0.0407. The van der Waals surface area contributed by atoms with Crippen molar-refractivity contribution in [3.05, 3.63) is 46.2 Å². The molecule has 6 nitrogen and oxygen atoms in total. The minimum atomic E-state index is 0.208. The molecule has 0 atom stereocenters. The highest BCUT2D eigenvalue weighted by Gasteiger charge is 2.42. The number of hydrogen-bond acceptors (Lipinski definition) is 5. The van der Waals surface area contributed by atoms with E-state index in [2.05, 4.69) is 33.2 Å². The van der Waals surface area contributed by atoms with Gasteiger partial charge in [-0.1, -0.05) is 17.7 Å². The summed E-state index contributed by atoms with van der Waals surface area (Å²) in [6, 6.07) is 8.86. The molecule has 0 spiro atoms. The number of aromatic amines is 1. The monoisotopic (exact) mass is 435 g/mol. The summed E-state index contributed by atoms with van der Waals surface area (Å²) in [5.41, 5.74) is 6.09. The SMILES string of the molecule is CNC1(C)CC(N2CCOc3c(cc(C#N)c(-c4c(C)ccc5[nH]cnc45)c3Cl)C2)C1. The van der Waals surface area contributed by atoms with Crippen molar-refractivity contribution in [2.24, 2.45) is 0 Å². The summed E-state index contributed by atoms with van der Waals surface area (Å²) >= 11 is 6.96. The Bertz CT molecular complexity index is 1200. The topological polar surface area (TPSA) is 77.0 Å². The number of imidazole rings is 1. The van der Waals surface area contributed by atoms with Gasteiger partial charge >= 0.3 is 0 Å². The van der Waals surface area contributed by atoms with E-state index in [0.29, 0.717) is 34.5 Å². The van der Waals surface area contributed by atoms with E-state index in [1.54, 1.807) is 6.33 Å². The molecule has 0 radical (unpaired) electrons. The van der Waals surface area contributed by atoms with Crippen LogP contribution in [0.3, 0.4) is 0 Å². The van der Waals surface area contributed by atoms with E-state index in [4.69, 9.17) is 16.3 Å². The van der Waals surface area contributed by atoms with Crippen molar-refractivity contribution in [2.45, 2.75) is 44.8 Å². The zero-order valence-corrected chi connectivity index (χ0v) is 18.8. The van der Waals surface area contributed by atoms with E-state index in [1.165, 1.54) is 0 Å². The van der Waals surface area contributed by atoms with Gasteiger partial charge in [-0.05, 0) is 51.4 Å². The molecule has 0 saturated heterocycles. The van der Waals surface area contributed by atoms with E-state index >= 15 is 0 Å². The normalized spacial score (nSPS) is 23.5. The van der Waals surface area contributed by atoms with Gasteiger partial charge in [0.15, 0.2) is 0 Å². The second-order valence-electron chi connectivity index (χ2n) is 8.96. The molecular weight excluding hydrogens is 410 g/mol. The van der Waals surface area contributed by atoms with E-state index in [9.17, 15) is 5.26 Å². The van der Waals surface area contributed by atoms with Gasteiger partial charge in [0.05, 0.1) is 34.0 Å². The molecule has 7 heteroatoms. The molecular formula is C24H26ClN5O. The van der Waals surface area contributed by atoms with Gasteiger partial charge in [0.25, 0.3) is 0 Å². The molecule has 2 aromatic carbocycles. The number of benzene rings is 2. The first kappa shape index (κ1) is 20.3. The number of fused-ring (bicyclic) bond motifs is 2. The highest BCUT2D eigenvalue weighted by Crippen LogP contribution is 2.45. The molecule has 1 aliphatic heterocycles. The maximum atomic E-state index is 10.0. The van der Waals surface area contributed by atoms with Crippen LogP contribution >= 0.6 is 11.6 Å². The van der Waals surface area contributed by atoms with E-state index < -0.39 is 0 Å². The molecule has 1 fully saturated rings. The predicted molar refractivity (Wildman–Crippen MR) is 122 cm³/mol. The Balaban J connectivity index is 1.59. The summed E-state index contributed by atoms with van der Waals surface area (Å²) in [6.45, 7) is 6.45. The molecule has 160 valence electrons. The molecule has 5 rings (SSSR count). The summed E-state index contributed by atoms with van der Waals surface area (Å²) in [5, 5.41) is 13.9. The lowest BCUT2D eigenvalue weighted by Gasteiger charge is -2.49. The number of nitrogens with zero attached hydrogens (tertiary/aromatic N) is 3. The molecule has 31 heavy (non-hydrogen) atoms. The number of nitrogens with one attached hydrogen (secondary N) is 2. The average molecular weight is 436 g/mol. The number of rotatable bonds is 3. The summed E-state index contributed by atoms with van der Waals surface area (Å²) in [7, 11) is 2.03. The van der Waals surface area contributed by atoms with Crippen molar-refractivity contribution in [2.75, 3.05) is 20.2 Å². The van der Waals surface area contributed by atoms with Crippen LogP contribution in [0.5, 0.6) is 5.75 Å². The molecule has 0 unspecified atom stereocenters. The molecule has 0 amide bonds. The van der Waals surface area contributed by atoms with Crippen LogP contribution in [0.1, 0.15) is 36.5 Å². The Morgan fingerprint density at radius 1 is 1.35 bits per heavy atom. The van der Waals surface area contributed by atoms with Crippen molar-refractivity contribution >= 4 is 22.6 Å². The highest BCUT2D eigenvalue weighted by molar-refractivity contribution is 6.35. The molecule has 3 aromatic rings. The number of H-pyrrole nitrogens is 1. The van der Waals surface area contributed by atoms with Gasteiger partial charge in [-0.15, -0.1) is 0 Å². The van der Waals surface area contributed by atoms with Crippen molar-refractivity contribution in [1.29, 1.82) is 5.26 Å². The van der Waals surface area contributed by atoms with Crippen molar-refractivity contribution in [3.8, 4) is 22.9 Å². The third-order valence-corrected chi connectivity index (χ3v) is 7.32. The smallest absolute Gasteiger partial charge is 0.143 e. The first-order valence-corrected chi connectivity index (χ1v) is 11.1. The fourth-order valence-corrected chi connectivity index (χ4v) is 5.40. The summed E-state index contributed by atoms with van der Waals surface area (Å²) in [4.78, 5) is 10.1. The second kappa shape index (κ2) is 7.52. The number of aromatic nitrogens is 2. The van der Waals surface area contributed by atoms with Crippen LogP contribution in [0.4, 0.5) is 0 Å². The summed E-state index contributed by atoms with van der Waals surface area (Å²) in [5.74, 6) is 0.695. The van der Waals surface area contributed by atoms with Gasteiger partial charge in [0, 0.05) is 41.4 Å². The van der Waals surface area contributed by atoms with E-state index in [1.807, 2.05) is 32.2 Å². The first-order chi connectivity index (χ1) is 14.9. The van der Waals surface area contributed by atoms with Gasteiger partial charge in [-0.3, -0.25) is 4.90 Å². The molecule has 1 aliphatic carbocycles. The Morgan fingerprint density at radius 3 is 2.90 bits per heavy atom. The fourth-order valence-electron chi connectivity index (χ4n) is 5.03. The number of nitriles is 1. The minimum Gasteiger partial charge on any atom is -0.490 e. The van der Waals surface area contributed by atoms with E-state index in [0.717, 1.165) is 53.7 Å². The average Bonchev–Trinajstić information content (AvgIpc) is 3.11. The van der Waals surface area contributed by atoms with Crippen LogP contribution in [0, 0.1) is 18.3 Å². The van der Waals surface area contributed by atoms with Gasteiger partial charge in [-0.25, -0.2) is 4.98 Å². The van der Waals surface area contributed by atoms with Gasteiger partial charge in [-0.2, -0.15) is 5.26 Å². The quantitative estimate of drug-likeness (QED) is 0.637. The lowest BCUT2D eigenvalue weighted by Crippen LogP contribution is -2.59. The summed E-state index contributed by atoms with van der Waals surface area (Å²) in [6.07, 6.45) is 3.88. The van der Waals surface area contributed by atoms with Crippen LogP contribution in [0.2, 0.25) is 5.02 Å². The molecule has 2 N–H and O–H groups in total. The van der Waals surface area contributed by atoms with Crippen LogP contribution < -0.4 is 10.1 Å². The maximum Gasteiger partial charge on any atom is 0.143 e. The zero-order valence-electron chi connectivity index (χ0n) is 18.1. The standard InChI is InChI=1S/C24H26ClN5O/c1-14-4-5-18-22(29-13-28-18)19(14)20-15(11-26)8-16-12-30(6-7-31-23(16)21(20)25)17-9-24(2,10-17)27-3/h4-5,8,13,17,27H,6-7,9-10,12H2,1-3H3,(H,28,29). The third kappa shape index (κ3) is 3.28. The van der Waals surface area contributed by atoms with Gasteiger partial charge in [0.1, 0.15) is 12.4 Å². The van der Waals surface area contributed by atoms with Crippen molar-refractivity contribution in [1.82, 2.24) is 20.2 Å². The maximum absolute atomic E-state index is 10.0. The highest BCUT2D eigenvalue weighted by atomic mass is 35.5. The molecule has 2 heterocycles. The van der Waals surface area contributed by atoms with Gasteiger partial charge in [0.2, 0.25) is 0 Å². The second-order valence-corrected chi connectivity index (χ2v) is 9.34. The van der Waals surface area contributed by atoms with Crippen LogP contribution in [0.25, 0.3) is 22.2 Å². The molecule has 2 aliphatic rings. The Morgan fingerprint density at radius 2 is 2.16 bits per heavy atom. The Labute approximate surface area is 187 Å². The first-order valence-electron chi connectivity index (χ1n) is 10.7. The minimum absolute atomic E-state index is 0.208. The Hall–Kier alpha value is -2.59. The predicted octanol–water partition coefficient (Wildman–Crippen LogP) is 4.40. The van der Waals surface area contributed by atoms with Crippen LogP contribution in [0.15, 0.2) is 24.5 Å². The number of hydrogen-bond donors (Lipinski definition) is 2. The largest absolute Gasteiger partial charge is 0.490 e. The molecule has 0 bridgehead atoms. The van der Waals surface area contributed by atoms with Crippen molar-refractivity contribution in [3.63, 3.8) is 0 Å². The Kier molecular flexibility index (Phi) is 4.93. The lowest BCUT2D eigenvalue weighted by atomic mass is 9.73. The summed E-state index contributed by atoms with van der Waals surface area (Å²) < 4.78 is 6.17. The number of ether oxygens (including phenoxy) is 1. The number of aryl methyl sites for hydroxylation is 1. The van der Waals surface area contributed by atoms with Crippen LogP contribution in [-0.2, 0) is 6.54 Å². The van der Waals surface area contributed by atoms with Crippen LogP contribution in [-0.4, -0.2) is 46.6 Å². The fraction of sp³-hybridized carbons (Fsp3) is 0.417. The van der Waals surface area contributed by atoms with Crippen molar-refractivity contribution < 1.29 is 4.74 Å².